The number of ether oxygens (including phenoxy) is 1. The van der Waals surface area contributed by atoms with E-state index in [9.17, 15) is 9.90 Å². The van der Waals surface area contributed by atoms with Crippen LogP contribution in [0.5, 0.6) is 0 Å². The van der Waals surface area contributed by atoms with Gasteiger partial charge in [0.05, 0.1) is 11.7 Å². The summed E-state index contributed by atoms with van der Waals surface area (Å²) in [6.45, 7) is 2.17. The molecule has 1 aliphatic rings. The molecule has 0 saturated heterocycles. The van der Waals surface area contributed by atoms with E-state index in [0.29, 0.717) is 21.1 Å². The summed E-state index contributed by atoms with van der Waals surface area (Å²) in [5.74, 6) is -0.0394. The second kappa shape index (κ2) is 8.12. The van der Waals surface area contributed by atoms with Gasteiger partial charge >= 0.3 is 5.97 Å². The van der Waals surface area contributed by atoms with Crippen LogP contribution in [0.3, 0.4) is 0 Å². The number of allylic oxidation sites excluding steroid dienone is 1. The highest BCUT2D eigenvalue weighted by Gasteiger charge is 2.28. The number of carbonyl (C=O) groups is 1. The number of rotatable bonds is 7. The third kappa shape index (κ3) is 4.86. The molecule has 0 fully saturated rings. The first kappa shape index (κ1) is 15.9. The highest BCUT2D eigenvalue weighted by molar-refractivity contribution is 9.28. The normalized spacial score (nSPS) is 16.6. The molecule has 0 spiro atoms. The summed E-state index contributed by atoms with van der Waals surface area (Å²) >= 11 is 6.36. The Morgan fingerprint density at radius 2 is 2.00 bits per heavy atom. The first-order chi connectivity index (χ1) is 8.56. The first-order valence-corrected chi connectivity index (χ1v) is 7.82. The van der Waals surface area contributed by atoms with Crippen LogP contribution in [-0.4, -0.2) is 17.2 Å². The van der Waals surface area contributed by atoms with Crippen molar-refractivity contribution in [2.45, 2.75) is 51.6 Å². The van der Waals surface area contributed by atoms with Crippen molar-refractivity contribution in [3.8, 4) is 0 Å². The number of esters is 1. The maximum atomic E-state index is 11.5. The molecular formula is C13H18Br2O3. The molecule has 0 aliphatic carbocycles. The number of hydrogen-bond donors (Lipinski definition) is 1. The summed E-state index contributed by atoms with van der Waals surface area (Å²) in [5.41, 5.74) is 0.344. The van der Waals surface area contributed by atoms with Gasteiger partial charge in [0.1, 0.15) is 3.39 Å². The Bertz CT molecular complexity index is 357. The summed E-state index contributed by atoms with van der Waals surface area (Å²) in [7, 11) is 0. The molecule has 18 heavy (non-hydrogen) atoms. The van der Waals surface area contributed by atoms with Crippen molar-refractivity contribution < 1.29 is 14.6 Å². The Labute approximate surface area is 125 Å². The smallest absolute Gasteiger partial charge is 0.342 e. The van der Waals surface area contributed by atoms with Crippen molar-refractivity contribution in [3.05, 3.63) is 20.8 Å². The first-order valence-electron chi connectivity index (χ1n) is 6.23. The molecule has 1 aliphatic heterocycles. The molecule has 1 unspecified atom stereocenters. The van der Waals surface area contributed by atoms with E-state index in [2.05, 4.69) is 38.8 Å². The summed E-state index contributed by atoms with van der Waals surface area (Å²) in [4.78, 5) is 11.5. The molecule has 1 heterocycles. The number of hydrogen-bond acceptors (Lipinski definition) is 3. The van der Waals surface area contributed by atoms with E-state index in [1.54, 1.807) is 6.08 Å². The number of aliphatic hydroxyl groups excluding tert-OH is 1. The lowest BCUT2D eigenvalue weighted by Gasteiger charge is -2.08. The number of aliphatic hydroxyl groups is 1. The van der Waals surface area contributed by atoms with Gasteiger partial charge in [-0.1, -0.05) is 39.0 Å². The SMILES string of the molecule is CCCCCCCC(O)C1=CC(=C(Br)Br)OC1=O. The average Bonchev–Trinajstić information content (AvgIpc) is 2.71. The molecule has 102 valence electrons. The molecule has 0 aromatic carbocycles. The summed E-state index contributed by atoms with van der Waals surface area (Å²) in [6.07, 6.45) is 7.10. The minimum absolute atomic E-state index is 0.344. The predicted octanol–water partition coefficient (Wildman–Crippen LogP) is 4.15. The van der Waals surface area contributed by atoms with Gasteiger partial charge in [-0.05, 0) is 44.4 Å². The standard InChI is InChI=1S/C13H18Br2O3/c1-2-3-4-5-6-7-10(16)9-8-11(12(14)15)18-13(9)17/h8,10,16H,2-7H2,1H3. The van der Waals surface area contributed by atoms with E-state index in [1.165, 1.54) is 19.3 Å². The topological polar surface area (TPSA) is 46.5 Å². The van der Waals surface area contributed by atoms with E-state index >= 15 is 0 Å². The number of carbonyl (C=O) groups excluding carboxylic acids is 1. The predicted molar refractivity (Wildman–Crippen MR) is 78.4 cm³/mol. The summed E-state index contributed by atoms with van der Waals surface area (Å²) in [6, 6.07) is 0. The van der Waals surface area contributed by atoms with Crippen LogP contribution < -0.4 is 0 Å². The van der Waals surface area contributed by atoms with Gasteiger partial charge in [0.25, 0.3) is 0 Å². The number of unbranched alkanes of at least 4 members (excludes halogenated alkanes) is 4. The second-order valence-electron chi connectivity index (χ2n) is 4.33. The Morgan fingerprint density at radius 1 is 1.33 bits per heavy atom. The minimum atomic E-state index is -0.726. The van der Waals surface area contributed by atoms with Crippen LogP contribution in [0.2, 0.25) is 0 Å². The zero-order valence-corrected chi connectivity index (χ0v) is 13.6. The Hall–Kier alpha value is -0.130. The van der Waals surface area contributed by atoms with Crippen LogP contribution in [0, 0.1) is 0 Å². The molecule has 0 amide bonds. The molecule has 0 radical (unpaired) electrons. The van der Waals surface area contributed by atoms with Gasteiger partial charge in [0, 0.05) is 0 Å². The third-order valence-electron chi connectivity index (χ3n) is 2.85. The lowest BCUT2D eigenvalue weighted by Crippen LogP contribution is -2.15. The van der Waals surface area contributed by atoms with Crippen molar-refractivity contribution in [2.24, 2.45) is 0 Å². The van der Waals surface area contributed by atoms with Crippen molar-refractivity contribution in [3.63, 3.8) is 0 Å². The van der Waals surface area contributed by atoms with Crippen LogP contribution in [0.1, 0.15) is 45.4 Å². The maximum absolute atomic E-state index is 11.5. The van der Waals surface area contributed by atoms with Gasteiger partial charge in [-0.3, -0.25) is 0 Å². The highest BCUT2D eigenvalue weighted by Crippen LogP contribution is 2.29. The highest BCUT2D eigenvalue weighted by atomic mass is 79.9. The van der Waals surface area contributed by atoms with Gasteiger partial charge < -0.3 is 9.84 Å². The average molecular weight is 382 g/mol. The fraction of sp³-hybridized carbons (Fsp3) is 0.615. The Kier molecular flexibility index (Phi) is 7.19. The van der Waals surface area contributed by atoms with E-state index in [-0.39, 0.29) is 0 Å². The molecule has 5 heteroatoms. The van der Waals surface area contributed by atoms with E-state index in [0.717, 1.165) is 12.8 Å². The lowest BCUT2D eigenvalue weighted by molar-refractivity contribution is -0.134. The molecule has 0 aromatic heterocycles. The molecule has 0 saturated carbocycles. The largest absolute Gasteiger partial charge is 0.421 e. The van der Waals surface area contributed by atoms with Crippen LogP contribution in [0.15, 0.2) is 20.8 Å². The third-order valence-corrected chi connectivity index (χ3v) is 3.63. The zero-order chi connectivity index (χ0) is 13.5. The Morgan fingerprint density at radius 3 is 2.56 bits per heavy atom. The Balaban J connectivity index is 2.42. The molecule has 0 bridgehead atoms. The van der Waals surface area contributed by atoms with E-state index in [4.69, 9.17) is 4.74 Å². The van der Waals surface area contributed by atoms with Crippen LogP contribution in [-0.2, 0) is 9.53 Å². The monoisotopic (exact) mass is 380 g/mol. The number of cyclic esters (lactones) is 1. The molecule has 3 nitrogen and oxygen atoms in total. The van der Waals surface area contributed by atoms with Crippen molar-refractivity contribution in [1.29, 1.82) is 0 Å². The second-order valence-corrected chi connectivity index (χ2v) is 6.98. The molecule has 0 aromatic rings. The molecule has 1 N–H and O–H groups in total. The number of halogens is 2. The summed E-state index contributed by atoms with van der Waals surface area (Å²) < 4.78 is 5.57. The van der Waals surface area contributed by atoms with Crippen molar-refractivity contribution in [2.75, 3.05) is 0 Å². The quantitative estimate of drug-likeness (QED) is 0.532. The summed E-state index contributed by atoms with van der Waals surface area (Å²) in [5, 5.41) is 9.95. The van der Waals surface area contributed by atoms with Gasteiger partial charge in [-0.2, -0.15) is 0 Å². The molecular weight excluding hydrogens is 364 g/mol. The maximum Gasteiger partial charge on any atom is 0.342 e. The van der Waals surface area contributed by atoms with Crippen LogP contribution >= 0.6 is 31.9 Å². The van der Waals surface area contributed by atoms with Gasteiger partial charge in [-0.25, -0.2) is 4.79 Å². The lowest BCUT2D eigenvalue weighted by atomic mass is 10.0. The van der Waals surface area contributed by atoms with Gasteiger partial charge in [0.2, 0.25) is 0 Å². The fourth-order valence-corrected chi connectivity index (χ4v) is 2.20. The molecule has 1 atom stereocenters. The fourth-order valence-electron chi connectivity index (χ4n) is 1.81. The van der Waals surface area contributed by atoms with Crippen LogP contribution in [0.4, 0.5) is 0 Å². The van der Waals surface area contributed by atoms with Gasteiger partial charge in [-0.15, -0.1) is 0 Å². The zero-order valence-electron chi connectivity index (χ0n) is 10.4. The van der Waals surface area contributed by atoms with Crippen LogP contribution in [0.25, 0.3) is 0 Å². The van der Waals surface area contributed by atoms with Crippen molar-refractivity contribution >= 4 is 37.8 Å². The van der Waals surface area contributed by atoms with Crippen molar-refractivity contribution in [1.82, 2.24) is 0 Å². The van der Waals surface area contributed by atoms with E-state index in [1.807, 2.05) is 0 Å². The van der Waals surface area contributed by atoms with E-state index < -0.39 is 12.1 Å². The minimum Gasteiger partial charge on any atom is -0.421 e. The molecule has 1 rings (SSSR count). The van der Waals surface area contributed by atoms with Gasteiger partial charge in [0.15, 0.2) is 5.76 Å².